The molecular weight excluding hydrogens is 490 g/mol. The van der Waals surface area contributed by atoms with Crippen LogP contribution in [0.25, 0.3) is 0 Å². The van der Waals surface area contributed by atoms with Crippen LogP contribution in [-0.4, -0.2) is 78.3 Å². The predicted octanol–water partition coefficient (Wildman–Crippen LogP) is 4.47. The van der Waals surface area contributed by atoms with Crippen molar-refractivity contribution >= 4 is 29.2 Å². The van der Waals surface area contributed by atoms with E-state index in [0.29, 0.717) is 36.2 Å². The molecule has 0 N–H and O–H groups in total. The molecule has 2 aliphatic rings. The smallest absolute Gasteiger partial charge is 0.453 e. The van der Waals surface area contributed by atoms with Crippen molar-refractivity contribution in [3.63, 3.8) is 0 Å². The third-order valence-corrected chi connectivity index (χ3v) is 6.82. The average molecular weight is 516 g/mol. The molecule has 0 amide bonds. The van der Waals surface area contributed by atoms with Crippen LogP contribution in [0.1, 0.15) is 11.1 Å². The lowest BCUT2D eigenvalue weighted by Gasteiger charge is -2.39. The molecule has 10 heteroatoms. The van der Waals surface area contributed by atoms with Gasteiger partial charge in [0.2, 0.25) is 0 Å². The molecule has 2 aromatic rings. The summed E-state index contributed by atoms with van der Waals surface area (Å²) in [5, 5.41) is 1.31. The molecule has 0 aliphatic carbocycles. The molecule has 0 unspecified atom stereocenters. The molecule has 5 nitrogen and oxygen atoms in total. The minimum atomic E-state index is -5.01. The number of benzene rings is 2. The van der Waals surface area contributed by atoms with E-state index >= 15 is 0 Å². The summed E-state index contributed by atoms with van der Waals surface area (Å²) in [7, 11) is 0. The van der Waals surface area contributed by atoms with Gasteiger partial charge in [0.05, 0.1) is 6.04 Å². The maximum Gasteiger partial charge on any atom is 0.490 e. The maximum absolute atomic E-state index is 12.9. The number of rotatable bonds is 6. The maximum atomic E-state index is 12.9. The Morgan fingerprint density at radius 2 is 1.32 bits per heavy atom. The minimum Gasteiger partial charge on any atom is -0.453 e. The first kappa shape index (κ1) is 25.3. The van der Waals surface area contributed by atoms with Gasteiger partial charge in [-0.3, -0.25) is 14.7 Å². The number of carbonyl (C=O) groups is 1. The van der Waals surface area contributed by atoms with E-state index in [1.807, 2.05) is 41.3 Å². The summed E-state index contributed by atoms with van der Waals surface area (Å²) in [6, 6.07) is 14.8. The lowest BCUT2D eigenvalue weighted by molar-refractivity contribution is -0.206. The second-order valence-corrected chi connectivity index (χ2v) is 9.64. The molecule has 0 aromatic heterocycles. The number of piperazine rings is 1. The van der Waals surface area contributed by atoms with Gasteiger partial charge >= 0.3 is 12.1 Å². The molecule has 2 aromatic carbocycles. The number of alkyl halides is 3. The van der Waals surface area contributed by atoms with Gasteiger partial charge in [-0.15, -0.1) is 0 Å². The number of hydrogen-bond donors (Lipinski definition) is 0. The molecule has 2 atom stereocenters. The second-order valence-electron chi connectivity index (χ2n) is 8.77. The highest BCUT2D eigenvalue weighted by Crippen LogP contribution is 2.26. The number of halogens is 5. The summed E-state index contributed by atoms with van der Waals surface area (Å²) >= 11 is 11.9. The Kier molecular flexibility index (Phi) is 8.05. The van der Waals surface area contributed by atoms with Crippen molar-refractivity contribution in [3.05, 3.63) is 69.7 Å². The van der Waals surface area contributed by atoms with Crippen molar-refractivity contribution in [2.24, 2.45) is 0 Å². The van der Waals surface area contributed by atoms with Crippen LogP contribution >= 0.6 is 23.2 Å². The summed E-state index contributed by atoms with van der Waals surface area (Å²) in [4.78, 5) is 18.1. The molecule has 184 valence electrons. The summed E-state index contributed by atoms with van der Waals surface area (Å²) in [6.07, 6.45) is -5.85. The van der Waals surface area contributed by atoms with E-state index < -0.39 is 18.2 Å². The van der Waals surface area contributed by atoms with Crippen LogP contribution in [-0.2, 0) is 22.6 Å². The second kappa shape index (κ2) is 10.8. The summed E-state index contributed by atoms with van der Waals surface area (Å²) in [5.74, 6) is -2.13. The highest BCUT2D eigenvalue weighted by atomic mass is 35.5. The lowest BCUT2D eigenvalue weighted by atomic mass is 10.1. The number of hydrogen-bond acceptors (Lipinski definition) is 5. The highest BCUT2D eigenvalue weighted by molar-refractivity contribution is 6.30. The number of likely N-dealkylation sites (tertiary alicyclic amines) is 1. The van der Waals surface area contributed by atoms with Crippen molar-refractivity contribution in [3.8, 4) is 0 Å². The molecule has 0 saturated carbocycles. The van der Waals surface area contributed by atoms with E-state index in [0.717, 1.165) is 30.8 Å². The van der Waals surface area contributed by atoms with Crippen molar-refractivity contribution in [2.75, 3.05) is 39.3 Å². The zero-order chi connectivity index (χ0) is 24.3. The van der Waals surface area contributed by atoms with Gasteiger partial charge in [-0.1, -0.05) is 47.5 Å². The van der Waals surface area contributed by atoms with E-state index in [-0.39, 0.29) is 12.6 Å². The largest absolute Gasteiger partial charge is 0.490 e. The van der Waals surface area contributed by atoms with E-state index in [1.54, 1.807) is 12.1 Å². The number of nitrogens with zero attached hydrogens (tertiary/aromatic N) is 3. The predicted molar refractivity (Wildman–Crippen MR) is 125 cm³/mol. The quantitative estimate of drug-likeness (QED) is 0.530. The van der Waals surface area contributed by atoms with Gasteiger partial charge in [-0.25, -0.2) is 4.79 Å². The van der Waals surface area contributed by atoms with E-state index in [4.69, 9.17) is 27.9 Å². The topological polar surface area (TPSA) is 36.0 Å². The van der Waals surface area contributed by atoms with Crippen LogP contribution in [0.15, 0.2) is 48.5 Å². The van der Waals surface area contributed by atoms with Crippen molar-refractivity contribution in [1.29, 1.82) is 0 Å². The van der Waals surface area contributed by atoms with Crippen molar-refractivity contribution in [2.45, 2.75) is 31.4 Å². The first-order chi connectivity index (χ1) is 16.2. The number of ether oxygens (including phenoxy) is 1. The van der Waals surface area contributed by atoms with Crippen LogP contribution in [0.3, 0.4) is 0 Å². The Balaban J connectivity index is 1.39. The van der Waals surface area contributed by atoms with E-state index in [1.165, 1.54) is 0 Å². The zero-order valence-electron chi connectivity index (χ0n) is 18.5. The Morgan fingerprint density at radius 1 is 0.824 bits per heavy atom. The van der Waals surface area contributed by atoms with Gasteiger partial charge in [-0.2, -0.15) is 13.2 Å². The Morgan fingerprint density at radius 3 is 1.82 bits per heavy atom. The normalized spacial score (nSPS) is 22.7. The first-order valence-electron chi connectivity index (χ1n) is 11.1. The number of carbonyl (C=O) groups excluding carboxylic acids is 1. The SMILES string of the molecule is O=C(O[C@H]1CN(Cc2ccc(Cl)cc2)C[C@@H]1N1CCN(Cc2ccc(Cl)cc2)CC1)C(F)(F)F. The van der Waals surface area contributed by atoms with Gasteiger partial charge in [0, 0.05) is 62.4 Å². The Bertz CT molecular complexity index is 965. The third-order valence-electron chi connectivity index (χ3n) is 6.32. The van der Waals surface area contributed by atoms with E-state index in [2.05, 4.69) is 9.80 Å². The van der Waals surface area contributed by atoms with E-state index in [9.17, 15) is 18.0 Å². The van der Waals surface area contributed by atoms with Crippen LogP contribution in [0, 0.1) is 0 Å². The van der Waals surface area contributed by atoms with Crippen LogP contribution in [0.2, 0.25) is 10.0 Å². The summed E-state index contributed by atoms with van der Waals surface area (Å²) in [5.41, 5.74) is 2.16. The molecule has 2 aliphatic heterocycles. The standard InChI is InChI=1S/C24H26Cl2F3N3O2/c25-19-5-1-17(2-6-19)13-30-9-11-32(12-10-30)21-15-31(14-18-3-7-20(26)8-4-18)16-22(21)34-23(33)24(27,28)29/h1-8,21-22H,9-16H2/t21-,22-/m0/s1. The molecular formula is C24H26Cl2F3N3O2. The molecule has 2 heterocycles. The minimum absolute atomic E-state index is 0.250. The van der Waals surface area contributed by atoms with Gasteiger partial charge in [0.25, 0.3) is 0 Å². The van der Waals surface area contributed by atoms with Gasteiger partial charge < -0.3 is 4.74 Å². The van der Waals surface area contributed by atoms with Gasteiger partial charge in [0.15, 0.2) is 0 Å². The van der Waals surface area contributed by atoms with Crippen LogP contribution in [0.4, 0.5) is 13.2 Å². The van der Waals surface area contributed by atoms with Crippen LogP contribution in [0.5, 0.6) is 0 Å². The molecule has 4 rings (SSSR count). The molecule has 34 heavy (non-hydrogen) atoms. The summed E-state index contributed by atoms with van der Waals surface area (Å²) < 4.78 is 43.7. The lowest BCUT2D eigenvalue weighted by Crippen LogP contribution is -2.54. The molecule has 0 radical (unpaired) electrons. The molecule has 2 fully saturated rings. The summed E-state index contributed by atoms with van der Waals surface area (Å²) in [6.45, 7) is 5.03. The fraction of sp³-hybridized carbons (Fsp3) is 0.458. The monoisotopic (exact) mass is 515 g/mol. The molecule has 0 bridgehead atoms. The van der Waals surface area contributed by atoms with Gasteiger partial charge in [-0.05, 0) is 35.4 Å². The average Bonchev–Trinajstić information content (AvgIpc) is 3.19. The highest BCUT2D eigenvalue weighted by Gasteiger charge is 2.46. The van der Waals surface area contributed by atoms with Crippen LogP contribution < -0.4 is 0 Å². The number of esters is 1. The Hall–Kier alpha value is -1.84. The van der Waals surface area contributed by atoms with Gasteiger partial charge in [0.1, 0.15) is 6.10 Å². The molecule has 0 spiro atoms. The first-order valence-corrected chi connectivity index (χ1v) is 11.9. The van der Waals surface area contributed by atoms with Crippen molar-refractivity contribution in [1.82, 2.24) is 14.7 Å². The fourth-order valence-corrected chi connectivity index (χ4v) is 4.83. The molecule has 2 saturated heterocycles. The Labute approximate surface area is 207 Å². The van der Waals surface area contributed by atoms with Crippen molar-refractivity contribution < 1.29 is 22.7 Å². The zero-order valence-corrected chi connectivity index (χ0v) is 20.0. The third kappa shape index (κ3) is 6.64. The fourth-order valence-electron chi connectivity index (χ4n) is 4.58.